The number of esters is 1. The maximum atomic E-state index is 12.6. The number of benzene rings is 2. The molecule has 1 aliphatic heterocycles. The molecule has 0 N–H and O–H groups in total. The van der Waals surface area contributed by atoms with Gasteiger partial charge in [-0.15, -0.1) is 0 Å². The van der Waals surface area contributed by atoms with Crippen LogP contribution in [0.3, 0.4) is 0 Å². The van der Waals surface area contributed by atoms with Crippen molar-refractivity contribution in [1.29, 1.82) is 0 Å². The number of ketones is 1. The van der Waals surface area contributed by atoms with Crippen molar-refractivity contribution in [3.05, 3.63) is 58.6 Å². The average molecular weight is 402 g/mol. The van der Waals surface area contributed by atoms with E-state index < -0.39 is 12.1 Å². The normalized spacial score (nSPS) is 13.6. The van der Waals surface area contributed by atoms with Gasteiger partial charge in [0, 0.05) is 24.7 Å². The predicted molar refractivity (Wildman–Crippen MR) is 105 cm³/mol. The van der Waals surface area contributed by atoms with Gasteiger partial charge in [-0.25, -0.2) is 4.79 Å². The van der Waals surface area contributed by atoms with Crippen LogP contribution in [0.1, 0.15) is 29.8 Å². The molecule has 7 heteroatoms. The van der Waals surface area contributed by atoms with Gasteiger partial charge in [0.15, 0.2) is 12.7 Å². The quantitative estimate of drug-likeness (QED) is 0.547. The number of nitrogens with zero attached hydrogens (tertiary/aromatic N) is 1. The first-order chi connectivity index (χ1) is 13.4. The van der Waals surface area contributed by atoms with Crippen molar-refractivity contribution in [3.63, 3.8) is 0 Å². The number of hydrogen-bond donors (Lipinski definition) is 0. The van der Waals surface area contributed by atoms with Gasteiger partial charge in [0.25, 0.3) is 0 Å². The second-order valence-corrected chi connectivity index (χ2v) is 6.89. The highest BCUT2D eigenvalue weighted by atomic mass is 35.5. The molecular weight excluding hydrogens is 382 g/mol. The Morgan fingerprint density at radius 1 is 1.18 bits per heavy atom. The predicted octanol–water partition coefficient (Wildman–Crippen LogP) is 3.44. The Morgan fingerprint density at radius 3 is 2.64 bits per heavy atom. The molecule has 2 aromatic rings. The van der Waals surface area contributed by atoms with Crippen molar-refractivity contribution in [2.24, 2.45) is 0 Å². The van der Waals surface area contributed by atoms with E-state index >= 15 is 0 Å². The van der Waals surface area contributed by atoms with Crippen molar-refractivity contribution in [3.8, 4) is 5.75 Å². The Balaban J connectivity index is 1.59. The Morgan fingerprint density at radius 2 is 1.93 bits per heavy atom. The third kappa shape index (κ3) is 4.34. The van der Waals surface area contributed by atoms with E-state index in [1.165, 1.54) is 13.8 Å². The summed E-state index contributed by atoms with van der Waals surface area (Å²) in [6.45, 7) is 3.29. The average Bonchev–Trinajstić information content (AvgIpc) is 3.10. The first-order valence-electron chi connectivity index (χ1n) is 8.89. The minimum absolute atomic E-state index is 0.0290. The summed E-state index contributed by atoms with van der Waals surface area (Å²) >= 11 is 5.96. The van der Waals surface area contributed by atoms with Crippen molar-refractivity contribution in [1.82, 2.24) is 0 Å². The molecule has 1 heterocycles. The molecule has 0 saturated carbocycles. The fraction of sp³-hybridized carbons (Fsp3) is 0.286. The molecule has 0 radical (unpaired) electrons. The van der Waals surface area contributed by atoms with Crippen LogP contribution in [0, 0.1) is 0 Å². The van der Waals surface area contributed by atoms with E-state index in [9.17, 15) is 14.4 Å². The number of carbonyl (C=O) groups is 3. The van der Waals surface area contributed by atoms with Crippen molar-refractivity contribution in [2.75, 3.05) is 18.1 Å². The molecule has 2 aromatic carbocycles. The van der Waals surface area contributed by atoms with Crippen molar-refractivity contribution < 1.29 is 23.9 Å². The first kappa shape index (κ1) is 19.9. The number of amides is 1. The highest BCUT2D eigenvalue weighted by Gasteiger charge is 2.25. The lowest BCUT2D eigenvalue weighted by Crippen LogP contribution is -2.27. The summed E-state index contributed by atoms with van der Waals surface area (Å²) in [5.41, 5.74) is 2.19. The molecule has 1 amide bonds. The monoisotopic (exact) mass is 401 g/mol. The third-order valence-electron chi connectivity index (χ3n) is 4.50. The van der Waals surface area contributed by atoms with E-state index in [0.29, 0.717) is 29.3 Å². The Kier molecular flexibility index (Phi) is 5.99. The topological polar surface area (TPSA) is 72.9 Å². The Hall–Kier alpha value is -2.86. The molecule has 28 heavy (non-hydrogen) atoms. The third-order valence-corrected chi connectivity index (χ3v) is 4.81. The van der Waals surface area contributed by atoms with E-state index in [1.54, 1.807) is 47.4 Å². The summed E-state index contributed by atoms with van der Waals surface area (Å²) in [6.07, 6.45) is -0.263. The Bertz CT molecular complexity index is 927. The Labute approximate surface area is 168 Å². The molecule has 0 aliphatic carbocycles. The SMILES string of the molecule is CC(=O)N1CCc2cc(C(=O)C(C)OC(=O)COc3ccccc3Cl)ccc21. The van der Waals surface area contributed by atoms with E-state index in [2.05, 4.69) is 0 Å². The van der Waals surface area contributed by atoms with Crippen LogP contribution < -0.4 is 9.64 Å². The number of para-hydroxylation sites is 1. The summed E-state index contributed by atoms with van der Waals surface area (Å²) in [7, 11) is 0. The second kappa shape index (κ2) is 8.44. The zero-order valence-electron chi connectivity index (χ0n) is 15.6. The molecule has 146 valence electrons. The van der Waals surface area contributed by atoms with E-state index in [-0.39, 0.29) is 18.3 Å². The van der Waals surface area contributed by atoms with Crippen molar-refractivity contribution in [2.45, 2.75) is 26.4 Å². The molecule has 3 rings (SSSR count). The lowest BCUT2D eigenvalue weighted by atomic mass is 10.0. The van der Waals surface area contributed by atoms with Crippen LogP contribution in [-0.2, 0) is 20.7 Å². The molecule has 0 spiro atoms. The summed E-state index contributed by atoms with van der Waals surface area (Å²) < 4.78 is 10.5. The second-order valence-electron chi connectivity index (χ2n) is 6.48. The smallest absolute Gasteiger partial charge is 0.344 e. The maximum Gasteiger partial charge on any atom is 0.344 e. The molecule has 0 bridgehead atoms. The summed E-state index contributed by atoms with van der Waals surface area (Å²) in [6, 6.07) is 11.9. The zero-order valence-corrected chi connectivity index (χ0v) is 16.4. The number of hydrogen-bond acceptors (Lipinski definition) is 5. The molecule has 1 aliphatic rings. The van der Waals surface area contributed by atoms with Crippen LogP contribution in [0.25, 0.3) is 0 Å². The van der Waals surface area contributed by atoms with Crippen LogP contribution in [0.5, 0.6) is 5.75 Å². The lowest BCUT2D eigenvalue weighted by Gasteiger charge is -2.16. The molecule has 6 nitrogen and oxygen atoms in total. The van der Waals surface area contributed by atoms with Crippen LogP contribution in [0.4, 0.5) is 5.69 Å². The number of anilines is 1. The van der Waals surface area contributed by atoms with Gasteiger partial charge in [-0.05, 0) is 49.2 Å². The van der Waals surface area contributed by atoms with Crippen LogP contribution in [0.15, 0.2) is 42.5 Å². The van der Waals surface area contributed by atoms with Crippen molar-refractivity contribution >= 4 is 34.9 Å². The summed E-state index contributed by atoms with van der Waals surface area (Å²) in [5, 5.41) is 0.386. The van der Waals surface area contributed by atoms with Gasteiger partial charge >= 0.3 is 5.97 Å². The van der Waals surface area contributed by atoms with Gasteiger partial charge < -0.3 is 14.4 Å². The molecule has 0 aromatic heterocycles. The number of ether oxygens (including phenoxy) is 2. The number of carbonyl (C=O) groups excluding carboxylic acids is 3. The molecule has 1 atom stereocenters. The maximum absolute atomic E-state index is 12.6. The standard InChI is InChI=1S/C21H20ClNO5/c1-13(28-20(25)12-27-19-6-4-3-5-17(19)22)21(26)16-7-8-18-15(11-16)9-10-23(18)14(2)24/h3-8,11,13H,9-10,12H2,1-2H3. The zero-order chi connectivity index (χ0) is 20.3. The lowest BCUT2D eigenvalue weighted by molar-refractivity contribution is -0.148. The fourth-order valence-electron chi connectivity index (χ4n) is 3.10. The first-order valence-corrected chi connectivity index (χ1v) is 9.26. The van der Waals surface area contributed by atoms with E-state index in [1.807, 2.05) is 0 Å². The van der Waals surface area contributed by atoms with E-state index in [0.717, 1.165) is 11.3 Å². The van der Waals surface area contributed by atoms with Gasteiger partial charge in [0.2, 0.25) is 11.7 Å². The van der Waals surface area contributed by atoms with Crippen LogP contribution in [0.2, 0.25) is 5.02 Å². The van der Waals surface area contributed by atoms with Gasteiger partial charge in [0.1, 0.15) is 5.75 Å². The molecular formula is C21H20ClNO5. The minimum Gasteiger partial charge on any atom is -0.480 e. The van der Waals surface area contributed by atoms with Gasteiger partial charge in [-0.2, -0.15) is 0 Å². The van der Waals surface area contributed by atoms with Gasteiger partial charge in [0.05, 0.1) is 5.02 Å². The highest BCUT2D eigenvalue weighted by Crippen LogP contribution is 2.29. The molecule has 0 fully saturated rings. The van der Waals surface area contributed by atoms with Gasteiger partial charge in [-0.1, -0.05) is 23.7 Å². The fourth-order valence-corrected chi connectivity index (χ4v) is 3.29. The number of Topliss-reactive ketones (excluding diaryl/α,β-unsaturated/α-hetero) is 1. The van der Waals surface area contributed by atoms with E-state index in [4.69, 9.17) is 21.1 Å². The highest BCUT2D eigenvalue weighted by molar-refractivity contribution is 6.32. The molecule has 0 saturated heterocycles. The number of halogens is 1. The summed E-state index contributed by atoms with van der Waals surface area (Å²) in [5.74, 6) is -0.632. The number of fused-ring (bicyclic) bond motifs is 1. The van der Waals surface area contributed by atoms with Crippen LogP contribution in [-0.4, -0.2) is 36.9 Å². The summed E-state index contributed by atoms with van der Waals surface area (Å²) in [4.78, 5) is 37.9. The molecule has 1 unspecified atom stereocenters. The van der Waals surface area contributed by atoms with Gasteiger partial charge in [-0.3, -0.25) is 9.59 Å². The van der Waals surface area contributed by atoms with Crippen LogP contribution >= 0.6 is 11.6 Å². The minimum atomic E-state index is -0.953. The number of rotatable bonds is 6. The largest absolute Gasteiger partial charge is 0.480 e.